The van der Waals surface area contributed by atoms with E-state index in [-0.39, 0.29) is 17.5 Å². The van der Waals surface area contributed by atoms with E-state index in [1.807, 2.05) is 36.4 Å². The minimum Gasteiger partial charge on any atom is -0.504 e. The molecule has 2 aliphatic heterocycles. The second-order valence-corrected chi connectivity index (χ2v) is 13.3. The average Bonchev–Trinajstić information content (AvgIpc) is 3.09. The second kappa shape index (κ2) is 14.1. The fraction of sp³-hybridized carbons (Fsp3) is 0.297. The van der Waals surface area contributed by atoms with E-state index in [1.165, 1.54) is 11.1 Å². The highest BCUT2D eigenvalue weighted by Gasteiger charge is 2.28. The highest BCUT2D eigenvalue weighted by Crippen LogP contribution is 2.32. The van der Waals surface area contributed by atoms with Crippen LogP contribution < -0.4 is 4.90 Å². The van der Waals surface area contributed by atoms with E-state index in [4.69, 9.17) is 33.2 Å². The van der Waals surface area contributed by atoms with Gasteiger partial charge < -0.3 is 15.1 Å². The average molecular weight is 670 g/mol. The highest BCUT2D eigenvalue weighted by molar-refractivity contribution is 6.30. The molecule has 242 valence electrons. The number of nitrogens with zero attached hydrogens (tertiary/aromatic N) is 6. The van der Waals surface area contributed by atoms with Gasteiger partial charge in [0.2, 0.25) is 0 Å². The molecule has 47 heavy (non-hydrogen) atoms. The summed E-state index contributed by atoms with van der Waals surface area (Å²) in [5.74, 6) is 1.68. The van der Waals surface area contributed by atoms with Gasteiger partial charge in [-0.05, 0) is 65.2 Å². The van der Waals surface area contributed by atoms with Crippen LogP contribution in [0.4, 0.5) is 5.82 Å². The van der Waals surface area contributed by atoms with E-state index < -0.39 is 0 Å². The number of halogens is 2. The molecule has 0 radical (unpaired) electrons. The Labute approximate surface area is 285 Å². The first-order valence-electron chi connectivity index (χ1n) is 16.1. The number of hydrogen-bond donors (Lipinski definition) is 2. The molecule has 3 heterocycles. The summed E-state index contributed by atoms with van der Waals surface area (Å²) in [4.78, 5) is 19.9. The Morgan fingerprint density at radius 2 is 1.21 bits per heavy atom. The van der Waals surface area contributed by atoms with Gasteiger partial charge >= 0.3 is 0 Å². The molecule has 1 aromatic heterocycles. The summed E-state index contributed by atoms with van der Waals surface area (Å²) < 4.78 is 0. The van der Waals surface area contributed by atoms with E-state index >= 15 is 0 Å². The summed E-state index contributed by atoms with van der Waals surface area (Å²) in [7, 11) is 0. The van der Waals surface area contributed by atoms with Crippen molar-refractivity contribution in [2.45, 2.75) is 19.1 Å². The molecule has 2 aliphatic rings. The van der Waals surface area contributed by atoms with E-state index in [9.17, 15) is 10.2 Å². The molecule has 0 bridgehead atoms. The molecular weight excluding hydrogens is 631 g/mol. The van der Waals surface area contributed by atoms with Crippen molar-refractivity contribution in [3.05, 3.63) is 124 Å². The first-order chi connectivity index (χ1) is 22.9. The summed E-state index contributed by atoms with van der Waals surface area (Å²) in [6, 6.07) is 29.8. The Kier molecular flexibility index (Phi) is 9.47. The van der Waals surface area contributed by atoms with Gasteiger partial charge in [0.25, 0.3) is 0 Å². The van der Waals surface area contributed by atoms with Crippen molar-refractivity contribution < 1.29 is 10.2 Å². The number of phenols is 2. The smallest absolute Gasteiger partial charge is 0.157 e. The molecule has 10 heteroatoms. The number of rotatable bonds is 8. The maximum atomic E-state index is 9.91. The van der Waals surface area contributed by atoms with Crippen molar-refractivity contribution in [2.24, 2.45) is 0 Å². The van der Waals surface area contributed by atoms with Crippen LogP contribution in [0.3, 0.4) is 0 Å². The van der Waals surface area contributed by atoms with Crippen LogP contribution in [-0.2, 0) is 13.1 Å². The summed E-state index contributed by atoms with van der Waals surface area (Å²) in [6.07, 6.45) is 0. The molecule has 0 aliphatic carbocycles. The predicted molar refractivity (Wildman–Crippen MR) is 188 cm³/mol. The third-order valence-corrected chi connectivity index (χ3v) is 9.76. The zero-order valence-corrected chi connectivity index (χ0v) is 27.7. The van der Waals surface area contributed by atoms with Crippen molar-refractivity contribution in [1.29, 1.82) is 0 Å². The minimum absolute atomic E-state index is 0.0783. The normalized spacial score (nSPS) is 16.7. The van der Waals surface area contributed by atoms with Crippen LogP contribution in [0.1, 0.15) is 28.6 Å². The maximum absolute atomic E-state index is 9.91. The van der Waals surface area contributed by atoms with E-state index in [1.54, 1.807) is 12.1 Å². The molecule has 8 nitrogen and oxygen atoms in total. The Hall–Kier alpha value is -3.92. The zero-order valence-electron chi connectivity index (χ0n) is 26.1. The summed E-state index contributed by atoms with van der Waals surface area (Å²) in [5.41, 5.74) is 4.39. The van der Waals surface area contributed by atoms with Gasteiger partial charge in [-0.15, -0.1) is 0 Å². The molecule has 0 atom stereocenters. The lowest BCUT2D eigenvalue weighted by molar-refractivity contribution is 0.103. The fourth-order valence-electron chi connectivity index (χ4n) is 6.75. The van der Waals surface area contributed by atoms with Crippen LogP contribution in [-0.4, -0.2) is 87.2 Å². The SMILES string of the molecule is Oc1ccc(CN2CCN(c3nc(CN4CCN(C(c5ccc(Cl)cc5)c5ccc(Cl)cc5)CC4)nc4ccccc34)CC2)cc1O. The van der Waals surface area contributed by atoms with Crippen molar-refractivity contribution in [3.63, 3.8) is 0 Å². The molecular formula is C37H38Cl2N6O2. The van der Waals surface area contributed by atoms with Gasteiger partial charge in [0.15, 0.2) is 11.5 Å². The summed E-state index contributed by atoms with van der Waals surface area (Å²) in [6.45, 7) is 8.51. The molecule has 2 N–H and O–H groups in total. The number of piperazine rings is 2. The Balaban J connectivity index is 1.03. The van der Waals surface area contributed by atoms with E-state index in [0.29, 0.717) is 6.54 Å². The zero-order chi connectivity index (χ0) is 32.3. The van der Waals surface area contributed by atoms with Crippen LogP contribution >= 0.6 is 23.2 Å². The molecule has 0 saturated carbocycles. The first-order valence-corrected chi connectivity index (χ1v) is 16.9. The summed E-state index contributed by atoms with van der Waals surface area (Å²) in [5, 5.41) is 22.1. The largest absolute Gasteiger partial charge is 0.504 e. The lowest BCUT2D eigenvalue weighted by atomic mass is 9.96. The number of aromatic hydroxyl groups is 2. The molecule has 2 saturated heterocycles. The molecule has 0 unspecified atom stereocenters. The summed E-state index contributed by atoms with van der Waals surface area (Å²) >= 11 is 12.5. The third kappa shape index (κ3) is 7.32. The van der Waals surface area contributed by atoms with Gasteiger partial charge in [-0.3, -0.25) is 14.7 Å². The third-order valence-electron chi connectivity index (χ3n) is 9.26. The molecule has 2 fully saturated rings. The second-order valence-electron chi connectivity index (χ2n) is 12.4. The van der Waals surface area contributed by atoms with Crippen LogP contribution in [0.2, 0.25) is 10.0 Å². The Morgan fingerprint density at radius 1 is 0.617 bits per heavy atom. The standard InChI is InChI=1S/C37H38Cl2N6O2/c38-29-10-6-27(7-11-29)36(28-8-12-30(39)13-9-28)44-19-15-43(16-20-44)25-35-40-32-4-2-1-3-31(32)37(41-35)45-21-17-42(18-22-45)24-26-5-14-33(46)34(47)23-26/h1-14,23,36,46-47H,15-22,24-25H2. The molecule has 5 aromatic rings. The molecule has 0 amide bonds. The maximum Gasteiger partial charge on any atom is 0.157 e. The van der Waals surface area contributed by atoms with Gasteiger partial charge in [-0.1, -0.05) is 65.7 Å². The minimum atomic E-state index is -0.0908. The van der Waals surface area contributed by atoms with Crippen LogP contribution in [0, 0.1) is 0 Å². The van der Waals surface area contributed by atoms with Gasteiger partial charge in [0, 0.05) is 74.3 Å². The monoisotopic (exact) mass is 668 g/mol. The van der Waals surface area contributed by atoms with Crippen LogP contribution in [0.25, 0.3) is 10.9 Å². The number of phenolic OH excluding ortho intramolecular Hbond substituents is 2. The first kappa shape index (κ1) is 31.7. The van der Waals surface area contributed by atoms with E-state index in [0.717, 1.165) is 97.1 Å². The number of hydrogen-bond acceptors (Lipinski definition) is 8. The fourth-order valence-corrected chi connectivity index (χ4v) is 7.00. The van der Waals surface area contributed by atoms with E-state index in [2.05, 4.69) is 62.1 Å². The van der Waals surface area contributed by atoms with Crippen LogP contribution in [0.5, 0.6) is 11.5 Å². The van der Waals surface area contributed by atoms with Gasteiger partial charge in [0.05, 0.1) is 18.1 Å². The predicted octanol–water partition coefficient (Wildman–Crippen LogP) is 6.58. The van der Waals surface area contributed by atoms with Gasteiger partial charge in [-0.25, -0.2) is 9.97 Å². The lowest BCUT2D eigenvalue weighted by Gasteiger charge is -2.39. The number of para-hydroxylation sites is 1. The Bertz CT molecular complexity index is 1780. The highest BCUT2D eigenvalue weighted by atomic mass is 35.5. The quantitative estimate of drug-likeness (QED) is 0.180. The van der Waals surface area contributed by atoms with Crippen molar-refractivity contribution >= 4 is 39.9 Å². The molecule has 7 rings (SSSR count). The molecule has 0 spiro atoms. The lowest BCUT2D eigenvalue weighted by Crippen LogP contribution is -2.48. The van der Waals surface area contributed by atoms with Crippen molar-refractivity contribution in [1.82, 2.24) is 24.7 Å². The number of anilines is 1. The topological polar surface area (TPSA) is 79.2 Å². The van der Waals surface area contributed by atoms with Crippen molar-refractivity contribution in [3.8, 4) is 11.5 Å². The van der Waals surface area contributed by atoms with Gasteiger partial charge in [0.1, 0.15) is 11.6 Å². The Morgan fingerprint density at radius 3 is 1.85 bits per heavy atom. The van der Waals surface area contributed by atoms with Crippen molar-refractivity contribution in [2.75, 3.05) is 57.3 Å². The van der Waals surface area contributed by atoms with Gasteiger partial charge in [-0.2, -0.15) is 0 Å². The number of benzene rings is 4. The number of aromatic nitrogens is 2. The van der Waals surface area contributed by atoms with Crippen LogP contribution in [0.15, 0.2) is 91.0 Å². The molecule has 4 aromatic carbocycles. The number of fused-ring (bicyclic) bond motifs is 1.